The van der Waals surface area contributed by atoms with E-state index in [2.05, 4.69) is 48.9 Å². The van der Waals surface area contributed by atoms with E-state index in [1.807, 2.05) is 0 Å². The van der Waals surface area contributed by atoms with Gasteiger partial charge in [0.1, 0.15) is 11.6 Å². The summed E-state index contributed by atoms with van der Waals surface area (Å²) in [6.07, 6.45) is 0.989. The lowest BCUT2D eigenvalue weighted by atomic mass is 9.64. The van der Waals surface area contributed by atoms with Crippen molar-refractivity contribution >= 4 is 21.6 Å². The molecule has 1 aliphatic rings. The number of benzene rings is 1. The Balaban J connectivity index is 2.03. The lowest BCUT2D eigenvalue weighted by molar-refractivity contribution is -0.108. The van der Waals surface area contributed by atoms with E-state index in [-0.39, 0.29) is 17.6 Å². The van der Waals surface area contributed by atoms with Gasteiger partial charge in [-0.05, 0) is 34.3 Å². The molecule has 2 rings (SSSR count). The number of hydrogen-bond acceptors (Lipinski definition) is 2. The first-order valence-corrected chi connectivity index (χ1v) is 8.03. The zero-order valence-electron chi connectivity index (χ0n) is 12.8. The van der Waals surface area contributed by atoms with Gasteiger partial charge in [-0.15, -0.1) is 0 Å². The minimum Gasteiger partial charge on any atom is -0.378 e. The predicted molar refractivity (Wildman–Crippen MR) is 84.4 cm³/mol. The van der Waals surface area contributed by atoms with Crippen LogP contribution in [0.2, 0.25) is 0 Å². The first-order chi connectivity index (χ1) is 9.71. The maximum atomic E-state index is 13.9. The van der Waals surface area contributed by atoms with Gasteiger partial charge in [-0.1, -0.05) is 27.7 Å². The summed E-state index contributed by atoms with van der Waals surface area (Å²) in [6, 6.07) is 2.26. The van der Waals surface area contributed by atoms with Crippen LogP contribution >= 0.6 is 15.9 Å². The third-order valence-corrected chi connectivity index (χ3v) is 4.76. The molecule has 1 N–H and O–H groups in total. The van der Waals surface area contributed by atoms with Crippen LogP contribution in [0, 0.1) is 23.0 Å². The topological polar surface area (TPSA) is 21.3 Å². The predicted octanol–water partition coefficient (Wildman–Crippen LogP) is 4.98. The van der Waals surface area contributed by atoms with Crippen LogP contribution in [0.1, 0.15) is 34.1 Å². The smallest absolute Gasteiger partial charge is 0.150 e. The maximum Gasteiger partial charge on any atom is 0.150 e. The Labute approximate surface area is 133 Å². The minimum absolute atomic E-state index is 0.0881. The number of rotatable bonds is 5. The van der Waals surface area contributed by atoms with E-state index in [0.717, 1.165) is 19.1 Å². The van der Waals surface area contributed by atoms with Crippen LogP contribution in [0.15, 0.2) is 16.6 Å². The van der Waals surface area contributed by atoms with Crippen molar-refractivity contribution in [1.29, 1.82) is 0 Å². The molecule has 1 fully saturated rings. The number of anilines is 1. The second kappa shape index (κ2) is 6.21. The molecule has 1 saturated carbocycles. The number of nitrogens with one attached hydrogen (secondary N) is 1. The largest absolute Gasteiger partial charge is 0.378 e. The second-order valence-electron chi connectivity index (χ2n) is 6.71. The Kier molecular flexibility index (Phi) is 4.93. The summed E-state index contributed by atoms with van der Waals surface area (Å²) >= 11 is 3.21. The van der Waals surface area contributed by atoms with Crippen molar-refractivity contribution in [1.82, 2.24) is 0 Å². The molecule has 0 aromatic heterocycles. The molecule has 0 aliphatic heterocycles. The Morgan fingerprint density at radius 2 is 2.05 bits per heavy atom. The van der Waals surface area contributed by atoms with Crippen molar-refractivity contribution in [3.63, 3.8) is 0 Å². The molecule has 1 aromatic rings. The average molecular weight is 362 g/mol. The standard InChI is InChI=1S/C16H22BrF2NO/c1-9(2)8-21-14-7-13(16(14,3)4)20-15-11(17)5-10(18)6-12(15)19/h5-6,9,13-14,20H,7-8H2,1-4H3. The molecule has 0 bridgehead atoms. The molecular weight excluding hydrogens is 340 g/mol. The van der Waals surface area contributed by atoms with Crippen LogP contribution in [0.3, 0.4) is 0 Å². The SMILES string of the molecule is CC(C)COC1CC(Nc2c(F)cc(F)cc2Br)C1(C)C. The number of ether oxygens (including phenoxy) is 1. The molecule has 5 heteroatoms. The van der Waals surface area contributed by atoms with E-state index in [4.69, 9.17) is 4.74 Å². The molecule has 2 atom stereocenters. The van der Waals surface area contributed by atoms with Gasteiger partial charge in [0.15, 0.2) is 0 Å². The molecule has 0 amide bonds. The molecule has 21 heavy (non-hydrogen) atoms. The van der Waals surface area contributed by atoms with Gasteiger partial charge in [-0.3, -0.25) is 0 Å². The zero-order chi connectivity index (χ0) is 15.8. The fourth-order valence-electron chi connectivity index (χ4n) is 2.58. The molecule has 0 saturated heterocycles. The van der Waals surface area contributed by atoms with Crippen molar-refractivity contribution in [2.24, 2.45) is 11.3 Å². The van der Waals surface area contributed by atoms with Crippen molar-refractivity contribution in [2.75, 3.05) is 11.9 Å². The van der Waals surface area contributed by atoms with Crippen LogP contribution < -0.4 is 5.32 Å². The zero-order valence-corrected chi connectivity index (χ0v) is 14.4. The van der Waals surface area contributed by atoms with Gasteiger partial charge in [-0.2, -0.15) is 0 Å². The van der Waals surface area contributed by atoms with Crippen LogP contribution in [-0.2, 0) is 4.74 Å². The van der Waals surface area contributed by atoms with E-state index in [1.165, 1.54) is 6.07 Å². The highest BCUT2D eigenvalue weighted by Gasteiger charge is 2.49. The summed E-state index contributed by atoms with van der Waals surface area (Å²) in [5.74, 6) is -0.670. The molecular formula is C16H22BrF2NO. The van der Waals surface area contributed by atoms with Gasteiger partial charge in [0.25, 0.3) is 0 Å². The molecule has 1 aliphatic carbocycles. The number of halogens is 3. The molecule has 1 aromatic carbocycles. The van der Waals surface area contributed by atoms with Gasteiger partial charge < -0.3 is 10.1 Å². The summed E-state index contributed by atoms with van der Waals surface area (Å²) in [5.41, 5.74) is 0.228. The summed E-state index contributed by atoms with van der Waals surface area (Å²) in [7, 11) is 0. The third kappa shape index (κ3) is 3.57. The number of hydrogen-bond donors (Lipinski definition) is 1. The van der Waals surface area contributed by atoms with Crippen molar-refractivity contribution < 1.29 is 13.5 Å². The Morgan fingerprint density at radius 3 is 2.57 bits per heavy atom. The van der Waals surface area contributed by atoms with Crippen LogP contribution in [0.4, 0.5) is 14.5 Å². The van der Waals surface area contributed by atoms with Crippen LogP contribution in [0.5, 0.6) is 0 Å². The van der Waals surface area contributed by atoms with E-state index in [0.29, 0.717) is 16.1 Å². The molecule has 0 spiro atoms. The summed E-state index contributed by atoms with van der Waals surface area (Å²) in [6.45, 7) is 9.18. The highest BCUT2D eigenvalue weighted by molar-refractivity contribution is 9.10. The highest BCUT2D eigenvalue weighted by atomic mass is 79.9. The molecule has 118 valence electrons. The lowest BCUT2D eigenvalue weighted by Crippen LogP contribution is -2.58. The first-order valence-electron chi connectivity index (χ1n) is 7.24. The summed E-state index contributed by atoms with van der Waals surface area (Å²) < 4.78 is 33.3. The third-order valence-electron chi connectivity index (χ3n) is 4.13. The van der Waals surface area contributed by atoms with E-state index < -0.39 is 11.6 Å². The van der Waals surface area contributed by atoms with Crippen LogP contribution in [-0.4, -0.2) is 18.8 Å². The molecule has 2 unspecified atom stereocenters. The molecule has 2 nitrogen and oxygen atoms in total. The van der Waals surface area contributed by atoms with Crippen molar-refractivity contribution in [3.8, 4) is 0 Å². The monoisotopic (exact) mass is 361 g/mol. The average Bonchev–Trinajstić information content (AvgIpc) is 2.34. The van der Waals surface area contributed by atoms with Crippen LogP contribution in [0.25, 0.3) is 0 Å². The lowest BCUT2D eigenvalue weighted by Gasteiger charge is -2.52. The Morgan fingerprint density at radius 1 is 1.38 bits per heavy atom. The van der Waals surface area contributed by atoms with E-state index in [1.54, 1.807) is 0 Å². The molecule has 0 radical (unpaired) electrons. The van der Waals surface area contributed by atoms with Crippen molar-refractivity contribution in [3.05, 3.63) is 28.2 Å². The Hall–Kier alpha value is -0.680. The van der Waals surface area contributed by atoms with Gasteiger partial charge in [0.2, 0.25) is 0 Å². The summed E-state index contributed by atoms with van der Waals surface area (Å²) in [5, 5.41) is 3.18. The molecule has 0 heterocycles. The quantitative estimate of drug-likeness (QED) is 0.798. The first kappa shape index (κ1) is 16.7. The van der Waals surface area contributed by atoms with Crippen molar-refractivity contribution in [2.45, 2.75) is 46.3 Å². The minimum atomic E-state index is -0.587. The fraction of sp³-hybridized carbons (Fsp3) is 0.625. The van der Waals surface area contributed by atoms with Gasteiger partial charge >= 0.3 is 0 Å². The van der Waals surface area contributed by atoms with Gasteiger partial charge in [0.05, 0.1) is 11.8 Å². The van der Waals surface area contributed by atoms with Gasteiger partial charge in [0, 0.05) is 28.6 Å². The van der Waals surface area contributed by atoms with Gasteiger partial charge in [-0.25, -0.2) is 8.78 Å². The summed E-state index contributed by atoms with van der Waals surface area (Å²) in [4.78, 5) is 0. The fourth-order valence-corrected chi connectivity index (χ4v) is 3.10. The second-order valence-corrected chi connectivity index (χ2v) is 7.57. The highest BCUT2D eigenvalue weighted by Crippen LogP contribution is 2.45. The van der Waals surface area contributed by atoms with E-state index in [9.17, 15) is 8.78 Å². The maximum absolute atomic E-state index is 13.9. The normalized spacial score (nSPS) is 24.0. The Bertz CT molecular complexity index is 496. The van der Waals surface area contributed by atoms with E-state index >= 15 is 0 Å².